The van der Waals surface area contributed by atoms with E-state index < -0.39 is 5.92 Å². The van der Waals surface area contributed by atoms with Crippen molar-refractivity contribution < 1.29 is 9.53 Å². The van der Waals surface area contributed by atoms with Gasteiger partial charge in [-0.15, -0.1) is 0 Å². The van der Waals surface area contributed by atoms with Gasteiger partial charge in [0.2, 0.25) is 0 Å². The Morgan fingerprint density at radius 3 is 2.74 bits per heavy atom. The lowest BCUT2D eigenvalue weighted by Crippen LogP contribution is -2.17. The Morgan fingerprint density at radius 1 is 1.47 bits per heavy atom. The number of hydrogen-bond donors (Lipinski definition) is 1. The zero-order valence-corrected chi connectivity index (χ0v) is 10.5. The molecule has 0 radical (unpaired) electrons. The van der Waals surface area contributed by atoms with Crippen LogP contribution in [0.3, 0.4) is 0 Å². The van der Waals surface area contributed by atoms with Crippen LogP contribution in [0.5, 0.6) is 0 Å². The molecule has 1 N–H and O–H groups in total. The summed E-state index contributed by atoms with van der Waals surface area (Å²) >= 11 is 0. The number of carbonyl (C=O) groups excluding carboxylic acids is 1. The number of esters is 1. The molecule has 0 aliphatic heterocycles. The molecular weight excluding hydrogens is 242 g/mol. The SMILES string of the molecule is COC(=O)C(Cc1ccc(C#N)cc1)c1cnc[nH]1. The zero-order valence-electron chi connectivity index (χ0n) is 10.5. The van der Waals surface area contributed by atoms with Crippen LogP contribution in [0.4, 0.5) is 0 Å². The number of aromatic nitrogens is 2. The lowest BCUT2D eigenvalue weighted by molar-refractivity contribution is -0.142. The summed E-state index contributed by atoms with van der Waals surface area (Å²) in [6, 6.07) is 9.20. The first kappa shape index (κ1) is 12.8. The van der Waals surface area contributed by atoms with E-state index in [4.69, 9.17) is 10.00 Å². The first-order valence-electron chi connectivity index (χ1n) is 5.79. The summed E-state index contributed by atoms with van der Waals surface area (Å²) < 4.78 is 4.81. The minimum absolute atomic E-state index is 0.311. The maximum atomic E-state index is 11.8. The van der Waals surface area contributed by atoms with Crippen LogP contribution in [0.25, 0.3) is 0 Å². The van der Waals surface area contributed by atoms with Gasteiger partial charge < -0.3 is 9.72 Å². The number of imidazole rings is 1. The molecule has 1 heterocycles. The third-order valence-electron chi connectivity index (χ3n) is 2.90. The summed E-state index contributed by atoms with van der Waals surface area (Å²) in [6.07, 6.45) is 3.65. The van der Waals surface area contributed by atoms with Crippen molar-refractivity contribution in [1.29, 1.82) is 5.26 Å². The van der Waals surface area contributed by atoms with Crippen molar-refractivity contribution in [2.24, 2.45) is 0 Å². The van der Waals surface area contributed by atoms with E-state index in [9.17, 15) is 4.79 Å². The number of carbonyl (C=O) groups is 1. The number of nitrogens with one attached hydrogen (secondary N) is 1. The molecule has 0 fully saturated rings. The monoisotopic (exact) mass is 255 g/mol. The van der Waals surface area contributed by atoms with Crippen LogP contribution in [0.1, 0.15) is 22.7 Å². The first-order valence-corrected chi connectivity index (χ1v) is 5.79. The highest BCUT2D eigenvalue weighted by atomic mass is 16.5. The van der Waals surface area contributed by atoms with Crippen LogP contribution in [-0.4, -0.2) is 23.0 Å². The number of aromatic amines is 1. The van der Waals surface area contributed by atoms with E-state index in [2.05, 4.69) is 16.0 Å². The topological polar surface area (TPSA) is 78.8 Å². The van der Waals surface area contributed by atoms with Gasteiger partial charge in [-0.3, -0.25) is 4.79 Å². The van der Waals surface area contributed by atoms with Crippen molar-refractivity contribution in [2.45, 2.75) is 12.3 Å². The zero-order chi connectivity index (χ0) is 13.7. The third-order valence-corrected chi connectivity index (χ3v) is 2.90. The molecule has 2 rings (SSSR count). The Bertz CT molecular complexity index is 582. The van der Waals surface area contributed by atoms with Gasteiger partial charge >= 0.3 is 5.97 Å². The second kappa shape index (κ2) is 5.83. The number of methoxy groups -OCH3 is 1. The second-order valence-electron chi connectivity index (χ2n) is 4.10. The summed E-state index contributed by atoms with van der Waals surface area (Å²) in [7, 11) is 1.37. The third kappa shape index (κ3) is 2.99. The van der Waals surface area contributed by atoms with Crippen LogP contribution in [0.15, 0.2) is 36.8 Å². The number of H-pyrrole nitrogens is 1. The molecule has 0 saturated heterocycles. The van der Waals surface area contributed by atoms with E-state index in [1.54, 1.807) is 18.3 Å². The minimum atomic E-state index is -0.416. The average molecular weight is 255 g/mol. The molecule has 0 saturated carbocycles. The highest BCUT2D eigenvalue weighted by Crippen LogP contribution is 2.20. The van der Waals surface area contributed by atoms with E-state index in [0.717, 1.165) is 11.3 Å². The summed E-state index contributed by atoms with van der Waals surface area (Å²) in [4.78, 5) is 18.7. The van der Waals surface area contributed by atoms with Gasteiger partial charge in [0, 0.05) is 11.9 Å². The van der Waals surface area contributed by atoms with Crippen molar-refractivity contribution in [1.82, 2.24) is 9.97 Å². The predicted molar refractivity (Wildman–Crippen MR) is 68.2 cm³/mol. The summed E-state index contributed by atoms with van der Waals surface area (Å²) in [5, 5.41) is 8.75. The van der Waals surface area contributed by atoms with Gasteiger partial charge in [-0.05, 0) is 24.1 Å². The fourth-order valence-electron chi connectivity index (χ4n) is 1.87. The fraction of sp³-hybridized carbons (Fsp3) is 0.214. The number of ether oxygens (including phenoxy) is 1. The molecule has 5 heteroatoms. The van der Waals surface area contributed by atoms with E-state index >= 15 is 0 Å². The minimum Gasteiger partial charge on any atom is -0.468 e. The fourth-order valence-corrected chi connectivity index (χ4v) is 1.87. The van der Waals surface area contributed by atoms with E-state index in [-0.39, 0.29) is 5.97 Å². The number of hydrogen-bond acceptors (Lipinski definition) is 4. The molecule has 0 aliphatic carbocycles. The van der Waals surface area contributed by atoms with Crippen LogP contribution >= 0.6 is 0 Å². The highest BCUT2D eigenvalue weighted by molar-refractivity contribution is 5.77. The van der Waals surface area contributed by atoms with Gasteiger partial charge in [-0.25, -0.2) is 4.98 Å². The van der Waals surface area contributed by atoms with Gasteiger partial charge in [-0.1, -0.05) is 12.1 Å². The Hall–Kier alpha value is -2.61. The summed E-state index contributed by atoms with van der Waals surface area (Å²) in [6.45, 7) is 0. The number of nitrogens with zero attached hydrogens (tertiary/aromatic N) is 2. The molecule has 5 nitrogen and oxygen atoms in total. The van der Waals surface area contributed by atoms with Crippen molar-refractivity contribution >= 4 is 5.97 Å². The molecule has 19 heavy (non-hydrogen) atoms. The Kier molecular flexibility index (Phi) is 3.94. The molecule has 96 valence electrons. The standard InChI is InChI=1S/C14H13N3O2/c1-19-14(18)12(13-8-16-9-17-13)6-10-2-4-11(7-15)5-3-10/h2-5,8-9,12H,6H2,1H3,(H,16,17). The van der Waals surface area contributed by atoms with Gasteiger partial charge in [0.15, 0.2) is 0 Å². The summed E-state index contributed by atoms with van der Waals surface area (Å²) in [5.41, 5.74) is 2.28. The van der Waals surface area contributed by atoms with E-state index in [1.807, 2.05) is 12.1 Å². The number of nitriles is 1. The molecule has 1 aromatic heterocycles. The van der Waals surface area contributed by atoms with Gasteiger partial charge in [0.05, 0.1) is 25.1 Å². The molecule has 0 spiro atoms. The van der Waals surface area contributed by atoms with Crippen LogP contribution in [0, 0.1) is 11.3 Å². The molecule has 0 amide bonds. The van der Waals surface area contributed by atoms with Crippen molar-refractivity contribution in [3.8, 4) is 6.07 Å². The maximum Gasteiger partial charge on any atom is 0.315 e. The van der Waals surface area contributed by atoms with Crippen LogP contribution < -0.4 is 0 Å². The van der Waals surface area contributed by atoms with Gasteiger partial charge in [0.25, 0.3) is 0 Å². The lowest BCUT2D eigenvalue weighted by atomic mass is 9.96. The van der Waals surface area contributed by atoms with Crippen LogP contribution in [-0.2, 0) is 16.0 Å². The Balaban J connectivity index is 2.20. The highest BCUT2D eigenvalue weighted by Gasteiger charge is 2.23. The number of rotatable bonds is 4. The molecule has 1 unspecified atom stereocenters. The first-order chi connectivity index (χ1) is 9.24. The summed E-state index contributed by atoms with van der Waals surface area (Å²) in [5.74, 6) is -0.728. The van der Waals surface area contributed by atoms with Gasteiger partial charge in [-0.2, -0.15) is 5.26 Å². The molecule has 1 aromatic carbocycles. The van der Waals surface area contributed by atoms with E-state index in [0.29, 0.717) is 12.0 Å². The molecular formula is C14H13N3O2. The Labute approximate surface area is 110 Å². The van der Waals surface area contributed by atoms with Crippen molar-refractivity contribution in [2.75, 3.05) is 7.11 Å². The molecule has 2 aromatic rings. The van der Waals surface area contributed by atoms with Crippen molar-refractivity contribution in [3.63, 3.8) is 0 Å². The predicted octanol–water partition coefficient (Wildman–Crippen LogP) is 1.78. The van der Waals surface area contributed by atoms with Crippen molar-refractivity contribution in [3.05, 3.63) is 53.6 Å². The smallest absolute Gasteiger partial charge is 0.315 e. The molecule has 1 atom stereocenters. The second-order valence-corrected chi connectivity index (χ2v) is 4.10. The Morgan fingerprint density at radius 2 is 2.21 bits per heavy atom. The average Bonchev–Trinajstić information content (AvgIpc) is 2.98. The number of benzene rings is 1. The lowest BCUT2D eigenvalue weighted by Gasteiger charge is -2.12. The van der Waals surface area contributed by atoms with E-state index in [1.165, 1.54) is 13.4 Å². The molecule has 0 bridgehead atoms. The normalized spacial score (nSPS) is 11.6. The largest absolute Gasteiger partial charge is 0.468 e. The van der Waals surface area contributed by atoms with Crippen LogP contribution in [0.2, 0.25) is 0 Å². The molecule has 0 aliphatic rings. The van der Waals surface area contributed by atoms with Gasteiger partial charge in [0.1, 0.15) is 5.92 Å². The maximum absolute atomic E-state index is 11.8. The quantitative estimate of drug-likeness (QED) is 0.844.